The maximum atomic E-state index is 11.7. The number of hydrogen-bond acceptors (Lipinski definition) is 3. The molecule has 0 fully saturated rings. The van der Waals surface area contributed by atoms with Gasteiger partial charge in [-0.2, -0.15) is 0 Å². The number of aryl methyl sites for hydroxylation is 1. The highest BCUT2D eigenvalue weighted by Crippen LogP contribution is 2.22. The fraction of sp³-hybridized carbons (Fsp3) is 0.308. The van der Waals surface area contributed by atoms with Gasteiger partial charge in [0.15, 0.2) is 0 Å². The van der Waals surface area contributed by atoms with Crippen LogP contribution in [0.5, 0.6) is 0 Å². The van der Waals surface area contributed by atoms with Gasteiger partial charge < -0.3 is 20.8 Å². The van der Waals surface area contributed by atoms with E-state index in [1.165, 1.54) is 0 Å². The Morgan fingerprint density at radius 2 is 1.95 bits per heavy atom. The van der Waals surface area contributed by atoms with E-state index in [1.807, 2.05) is 6.92 Å². The van der Waals surface area contributed by atoms with Gasteiger partial charge in [0.1, 0.15) is 6.04 Å². The topological polar surface area (TPSA) is 116 Å². The number of halogens is 1. The number of carboxylic acids is 2. The van der Waals surface area contributed by atoms with Gasteiger partial charge in [-0.3, -0.25) is 4.79 Å². The molecule has 0 radical (unpaired) electrons. The Balaban J connectivity index is 2.67. The number of carboxylic acid groups (broad SMARTS) is 2. The number of carbonyl (C=O) groups is 3. The highest BCUT2D eigenvalue weighted by atomic mass is 35.5. The van der Waals surface area contributed by atoms with Crippen molar-refractivity contribution in [1.82, 2.24) is 5.32 Å². The molecule has 0 unspecified atom stereocenters. The van der Waals surface area contributed by atoms with Crippen molar-refractivity contribution in [2.75, 3.05) is 5.32 Å². The smallest absolute Gasteiger partial charge is 0.326 e. The summed E-state index contributed by atoms with van der Waals surface area (Å²) in [5, 5.41) is 22.4. The first kappa shape index (κ1) is 16.8. The minimum absolute atomic E-state index is 0.209. The monoisotopic (exact) mass is 314 g/mol. The molecule has 8 heteroatoms. The molecule has 0 bridgehead atoms. The zero-order chi connectivity index (χ0) is 16.0. The number of anilines is 1. The van der Waals surface area contributed by atoms with Crippen molar-refractivity contribution >= 4 is 35.3 Å². The van der Waals surface area contributed by atoms with E-state index in [0.29, 0.717) is 10.7 Å². The van der Waals surface area contributed by atoms with Crippen LogP contribution in [0.1, 0.15) is 18.4 Å². The number of rotatable bonds is 6. The van der Waals surface area contributed by atoms with Gasteiger partial charge in [-0.25, -0.2) is 9.59 Å². The van der Waals surface area contributed by atoms with Crippen molar-refractivity contribution in [3.63, 3.8) is 0 Å². The lowest BCUT2D eigenvalue weighted by molar-refractivity contribution is -0.140. The van der Waals surface area contributed by atoms with Gasteiger partial charge in [-0.15, -0.1) is 0 Å². The summed E-state index contributed by atoms with van der Waals surface area (Å²) in [6.45, 7) is 1.81. The number of hydrogen-bond donors (Lipinski definition) is 4. The lowest BCUT2D eigenvalue weighted by Crippen LogP contribution is -2.43. The first-order valence-corrected chi connectivity index (χ1v) is 6.45. The Morgan fingerprint density at radius 3 is 2.52 bits per heavy atom. The second kappa shape index (κ2) is 7.49. The Kier molecular flexibility index (Phi) is 5.98. The quantitative estimate of drug-likeness (QED) is 0.641. The average molecular weight is 315 g/mol. The standard InChI is InChI=1S/C13H15ClN2O5/c1-7-2-3-8(14)10(6-7)16-13(21)15-9(12(19)20)4-5-11(17)18/h2-3,6,9H,4-5H2,1H3,(H,17,18)(H,19,20)(H2,15,16,21)/t9-/m0/s1. The molecule has 1 aromatic carbocycles. The predicted molar refractivity (Wildman–Crippen MR) is 76.6 cm³/mol. The molecule has 0 heterocycles. The summed E-state index contributed by atoms with van der Waals surface area (Å²) in [5.74, 6) is -2.44. The van der Waals surface area contributed by atoms with Crippen LogP contribution in [0.2, 0.25) is 5.02 Å². The van der Waals surface area contributed by atoms with Crippen LogP contribution in [0.15, 0.2) is 18.2 Å². The fourth-order valence-electron chi connectivity index (χ4n) is 1.58. The fourth-order valence-corrected chi connectivity index (χ4v) is 1.74. The summed E-state index contributed by atoms with van der Waals surface area (Å²) >= 11 is 5.91. The van der Waals surface area contributed by atoms with Crippen molar-refractivity contribution in [2.45, 2.75) is 25.8 Å². The van der Waals surface area contributed by atoms with E-state index in [4.69, 9.17) is 21.8 Å². The molecule has 0 spiro atoms. The van der Waals surface area contributed by atoms with Crippen LogP contribution >= 0.6 is 11.6 Å². The number of nitrogens with one attached hydrogen (secondary N) is 2. The zero-order valence-electron chi connectivity index (χ0n) is 11.2. The molecule has 0 aliphatic heterocycles. The van der Waals surface area contributed by atoms with Crippen molar-refractivity contribution in [1.29, 1.82) is 0 Å². The number of carbonyl (C=O) groups excluding carboxylic acids is 1. The molecule has 0 saturated carbocycles. The average Bonchev–Trinajstić information content (AvgIpc) is 2.38. The molecular formula is C13H15ClN2O5. The molecule has 2 amide bonds. The zero-order valence-corrected chi connectivity index (χ0v) is 12.0. The van der Waals surface area contributed by atoms with E-state index in [2.05, 4.69) is 10.6 Å². The molecular weight excluding hydrogens is 300 g/mol. The number of benzene rings is 1. The Morgan fingerprint density at radius 1 is 1.29 bits per heavy atom. The third kappa shape index (κ3) is 5.70. The van der Waals surface area contributed by atoms with Gasteiger partial charge in [0.05, 0.1) is 10.7 Å². The van der Waals surface area contributed by atoms with E-state index in [0.717, 1.165) is 5.56 Å². The van der Waals surface area contributed by atoms with Gasteiger partial charge in [0.25, 0.3) is 0 Å². The third-order valence-electron chi connectivity index (χ3n) is 2.62. The Hall–Kier alpha value is -2.28. The van der Waals surface area contributed by atoms with Crippen molar-refractivity contribution in [3.05, 3.63) is 28.8 Å². The highest BCUT2D eigenvalue weighted by molar-refractivity contribution is 6.33. The molecule has 0 aliphatic rings. The van der Waals surface area contributed by atoms with Crippen LogP contribution in [0.25, 0.3) is 0 Å². The van der Waals surface area contributed by atoms with Crippen molar-refractivity contribution in [3.8, 4) is 0 Å². The number of amides is 2. The summed E-state index contributed by atoms with van der Waals surface area (Å²) in [4.78, 5) is 33.1. The summed E-state index contributed by atoms with van der Waals surface area (Å²) in [6, 6.07) is 2.95. The number of aliphatic carboxylic acids is 2. The lowest BCUT2D eigenvalue weighted by Gasteiger charge is -2.15. The van der Waals surface area contributed by atoms with E-state index in [9.17, 15) is 14.4 Å². The van der Waals surface area contributed by atoms with Gasteiger partial charge >= 0.3 is 18.0 Å². The molecule has 114 valence electrons. The third-order valence-corrected chi connectivity index (χ3v) is 2.95. The second-order valence-electron chi connectivity index (χ2n) is 4.40. The van der Waals surface area contributed by atoms with Gasteiger partial charge in [0, 0.05) is 6.42 Å². The van der Waals surface area contributed by atoms with Crippen LogP contribution in [0.3, 0.4) is 0 Å². The minimum atomic E-state index is -1.30. The molecule has 0 saturated heterocycles. The van der Waals surface area contributed by atoms with Crippen LogP contribution < -0.4 is 10.6 Å². The maximum absolute atomic E-state index is 11.7. The normalized spacial score (nSPS) is 11.5. The molecule has 1 aromatic rings. The van der Waals surface area contributed by atoms with Crippen molar-refractivity contribution < 1.29 is 24.6 Å². The van der Waals surface area contributed by atoms with Crippen LogP contribution in [-0.4, -0.2) is 34.2 Å². The molecule has 7 nitrogen and oxygen atoms in total. The van der Waals surface area contributed by atoms with Crippen LogP contribution in [0.4, 0.5) is 10.5 Å². The van der Waals surface area contributed by atoms with Gasteiger partial charge in [-0.1, -0.05) is 17.7 Å². The summed E-state index contributed by atoms with van der Waals surface area (Å²) in [5.41, 5.74) is 1.21. The minimum Gasteiger partial charge on any atom is -0.481 e. The van der Waals surface area contributed by atoms with Crippen molar-refractivity contribution in [2.24, 2.45) is 0 Å². The van der Waals surface area contributed by atoms with Crippen LogP contribution in [-0.2, 0) is 9.59 Å². The molecule has 21 heavy (non-hydrogen) atoms. The molecule has 0 aliphatic carbocycles. The van der Waals surface area contributed by atoms with Gasteiger partial charge in [-0.05, 0) is 31.0 Å². The largest absolute Gasteiger partial charge is 0.481 e. The molecule has 1 atom stereocenters. The van der Waals surface area contributed by atoms with E-state index < -0.39 is 24.0 Å². The van der Waals surface area contributed by atoms with E-state index in [1.54, 1.807) is 18.2 Å². The molecule has 0 aromatic heterocycles. The van der Waals surface area contributed by atoms with Crippen LogP contribution in [0, 0.1) is 6.92 Å². The Bertz CT molecular complexity index is 561. The highest BCUT2D eigenvalue weighted by Gasteiger charge is 2.21. The maximum Gasteiger partial charge on any atom is 0.326 e. The Labute approximate surface area is 125 Å². The summed E-state index contributed by atoms with van der Waals surface area (Å²) < 4.78 is 0. The van der Waals surface area contributed by atoms with Gasteiger partial charge in [0.2, 0.25) is 0 Å². The summed E-state index contributed by atoms with van der Waals surface area (Å²) in [6.07, 6.45) is -0.567. The summed E-state index contributed by atoms with van der Waals surface area (Å²) in [7, 11) is 0. The lowest BCUT2D eigenvalue weighted by atomic mass is 10.1. The molecule has 1 rings (SSSR count). The predicted octanol–water partition coefficient (Wildman–Crippen LogP) is 2.09. The number of urea groups is 1. The first-order chi connectivity index (χ1) is 9.79. The second-order valence-corrected chi connectivity index (χ2v) is 4.81. The SMILES string of the molecule is Cc1ccc(Cl)c(NC(=O)N[C@@H](CCC(=O)O)C(=O)O)c1. The van der Waals surface area contributed by atoms with E-state index >= 15 is 0 Å². The van der Waals surface area contributed by atoms with E-state index in [-0.39, 0.29) is 12.8 Å². The molecule has 4 N–H and O–H groups in total. The first-order valence-electron chi connectivity index (χ1n) is 6.08.